The van der Waals surface area contributed by atoms with Gasteiger partial charge in [0.1, 0.15) is 0 Å². The summed E-state index contributed by atoms with van der Waals surface area (Å²) >= 11 is -4.54. The fourth-order valence-corrected chi connectivity index (χ4v) is 46.2. The van der Waals surface area contributed by atoms with Gasteiger partial charge in [0.05, 0.1) is 0 Å². The summed E-state index contributed by atoms with van der Waals surface area (Å²) in [6.45, 7) is 28.2. The van der Waals surface area contributed by atoms with E-state index in [1.807, 2.05) is 0 Å². The first-order valence-electron chi connectivity index (χ1n) is 12.7. The molecule has 0 saturated carbocycles. The third kappa shape index (κ3) is 5.71. The molecule has 0 saturated heterocycles. The van der Waals surface area contributed by atoms with Gasteiger partial charge in [-0.3, -0.25) is 0 Å². The zero-order valence-corrected chi connectivity index (χ0v) is 29.1. The van der Waals surface area contributed by atoms with Crippen LogP contribution in [0.3, 0.4) is 0 Å². The summed E-state index contributed by atoms with van der Waals surface area (Å²) in [6, 6.07) is 0. The molecule has 0 fully saturated rings. The molecule has 32 heavy (non-hydrogen) atoms. The van der Waals surface area contributed by atoms with E-state index < -0.39 is 21.3 Å². The van der Waals surface area contributed by atoms with Crippen molar-refractivity contribution in [3.05, 3.63) is 46.6 Å². The minimum absolute atomic E-state index is 0.0687. The third-order valence-electron chi connectivity index (χ3n) is 7.42. The van der Waals surface area contributed by atoms with E-state index in [1.165, 1.54) is 22.3 Å². The molecule has 0 N–H and O–H groups in total. The molecule has 0 aromatic heterocycles. The van der Waals surface area contributed by atoms with Gasteiger partial charge in [-0.1, -0.05) is 0 Å². The van der Waals surface area contributed by atoms with Gasteiger partial charge in [0.15, 0.2) is 0 Å². The fourth-order valence-electron chi connectivity index (χ4n) is 5.67. The molecule has 183 valence electrons. The summed E-state index contributed by atoms with van der Waals surface area (Å²) in [4.78, 5) is 0. The van der Waals surface area contributed by atoms with Crippen LogP contribution in [0.2, 0.25) is 20.4 Å². The molecule has 0 spiro atoms. The van der Waals surface area contributed by atoms with Crippen LogP contribution >= 0.6 is 17.2 Å². The molecule has 4 heteroatoms. The van der Waals surface area contributed by atoms with Crippen LogP contribution in [0, 0.1) is 22.7 Å². The van der Waals surface area contributed by atoms with Crippen LogP contribution in [-0.2, 0) is 15.3 Å². The van der Waals surface area contributed by atoms with Crippen LogP contribution < -0.4 is 0 Å². The van der Waals surface area contributed by atoms with E-state index in [0.29, 0.717) is 11.8 Å². The Hall–Kier alpha value is 0.627. The Morgan fingerprint density at radius 3 is 1.28 bits per heavy atom. The van der Waals surface area contributed by atoms with Crippen LogP contribution in [0.4, 0.5) is 0 Å². The van der Waals surface area contributed by atoms with Crippen molar-refractivity contribution in [2.75, 3.05) is 0 Å². The molecule has 0 bridgehead atoms. The third-order valence-corrected chi connectivity index (χ3v) is 80.4. The van der Waals surface area contributed by atoms with Gasteiger partial charge in [-0.15, -0.1) is 0 Å². The number of hydrogen-bond donors (Lipinski definition) is 0. The van der Waals surface area contributed by atoms with Crippen molar-refractivity contribution >= 4 is 23.1 Å². The number of allylic oxidation sites excluding steroid dienone is 8. The summed E-state index contributed by atoms with van der Waals surface area (Å²) in [5.41, 5.74) is 6.04. The Kier molecular flexibility index (Phi) is 8.65. The van der Waals surface area contributed by atoms with E-state index >= 15 is 0 Å². The zero-order chi connectivity index (χ0) is 24.9. The van der Waals surface area contributed by atoms with Crippen molar-refractivity contribution in [3.8, 4) is 0 Å². The van der Waals surface area contributed by atoms with E-state index in [4.69, 9.17) is 17.2 Å². The predicted molar refractivity (Wildman–Crippen MR) is 148 cm³/mol. The molecule has 0 aliphatic heterocycles. The van der Waals surface area contributed by atoms with Gasteiger partial charge < -0.3 is 0 Å². The van der Waals surface area contributed by atoms with E-state index in [-0.39, 0.29) is 18.2 Å². The molecule has 0 amide bonds. The van der Waals surface area contributed by atoms with Crippen LogP contribution in [0.15, 0.2) is 46.6 Å². The Bertz CT molecular complexity index is 778. The van der Waals surface area contributed by atoms with Crippen LogP contribution in [0.1, 0.15) is 82.1 Å². The molecule has 0 aromatic rings. The standard InChI is InChI=1S/2C13H21.C2H7Si.2ClH.Hf/c2*1-10(2)8-11-6-7-12(9-11)13(3,4)5;1-3-2;;;/h2*6-7,9-10H,8H2,1-5H3;3H,1-2H3;2*1H;/q;;;;;+2/p-2. The Labute approximate surface area is 208 Å². The van der Waals surface area contributed by atoms with Crippen molar-refractivity contribution in [2.24, 2.45) is 22.7 Å². The summed E-state index contributed by atoms with van der Waals surface area (Å²) in [5, 5.41) is 0. The number of halogens is 2. The first-order chi connectivity index (χ1) is 14.3. The minimum atomic E-state index is -4.54. The van der Waals surface area contributed by atoms with Crippen LogP contribution in [-0.4, -0.2) is 5.98 Å². The van der Waals surface area contributed by atoms with Crippen molar-refractivity contribution in [1.29, 1.82) is 0 Å². The quantitative estimate of drug-likeness (QED) is 0.238. The maximum absolute atomic E-state index is 8.22. The molecule has 0 radical (unpaired) electrons. The first-order valence-corrected chi connectivity index (χ1v) is 34.9. The van der Waals surface area contributed by atoms with Gasteiger partial charge in [-0.25, -0.2) is 0 Å². The van der Waals surface area contributed by atoms with E-state index in [0.717, 1.165) is 12.8 Å². The Balaban J connectivity index is 2.76. The average Bonchev–Trinajstić information content (AvgIpc) is 3.18. The fraction of sp³-hybridized carbons (Fsp3) is 0.714. The van der Waals surface area contributed by atoms with Gasteiger partial charge in [0, 0.05) is 0 Å². The molecule has 2 unspecified atom stereocenters. The summed E-state index contributed by atoms with van der Waals surface area (Å²) < 4.78 is 0.502. The van der Waals surface area contributed by atoms with Gasteiger partial charge in [0.25, 0.3) is 0 Å². The summed E-state index contributed by atoms with van der Waals surface area (Å²) in [7, 11) is 16.4. The zero-order valence-electron chi connectivity index (χ0n) is 22.9. The normalized spacial score (nSPS) is 24.0. The Morgan fingerprint density at radius 2 is 1.06 bits per heavy atom. The predicted octanol–water partition coefficient (Wildman–Crippen LogP) is 10.5. The second-order valence-corrected chi connectivity index (χ2v) is 73.3. The van der Waals surface area contributed by atoms with Crippen molar-refractivity contribution in [2.45, 2.75) is 103 Å². The SMILES string of the molecule is CC(C)CC1=C[CH]([Hf]([Cl])([Cl])([CH]2C=C(CC(C)C)C=C2C(C)(C)C)[SiH](C)C)C(C(C)(C)C)=C1. The average molecular weight is 663 g/mol. The summed E-state index contributed by atoms with van der Waals surface area (Å²) in [6.07, 6.45) is 12.3. The molecule has 0 aromatic carbocycles. The van der Waals surface area contributed by atoms with E-state index in [1.54, 1.807) is 0 Å². The topological polar surface area (TPSA) is 0 Å². The molecular formula is C28H49Cl2HfSi. The van der Waals surface area contributed by atoms with Crippen molar-refractivity contribution in [1.82, 2.24) is 0 Å². The van der Waals surface area contributed by atoms with Crippen LogP contribution in [0.25, 0.3) is 0 Å². The summed E-state index contributed by atoms with van der Waals surface area (Å²) in [5.74, 6) is -0.120. The maximum atomic E-state index is 8.22. The second-order valence-electron chi connectivity index (χ2n) is 13.7. The number of hydrogen-bond acceptors (Lipinski definition) is 0. The van der Waals surface area contributed by atoms with E-state index in [9.17, 15) is 0 Å². The van der Waals surface area contributed by atoms with Crippen LogP contribution in [0.5, 0.6) is 0 Å². The molecule has 0 heterocycles. The molecule has 2 aliphatic carbocycles. The van der Waals surface area contributed by atoms with Gasteiger partial charge >= 0.3 is 210 Å². The van der Waals surface area contributed by atoms with E-state index in [2.05, 4.69) is 107 Å². The van der Waals surface area contributed by atoms with Gasteiger partial charge in [0.2, 0.25) is 0 Å². The monoisotopic (exact) mass is 663 g/mol. The van der Waals surface area contributed by atoms with Crippen molar-refractivity contribution in [3.63, 3.8) is 0 Å². The molecular weight excluding hydrogens is 614 g/mol. The van der Waals surface area contributed by atoms with Gasteiger partial charge in [-0.05, 0) is 0 Å². The van der Waals surface area contributed by atoms with Crippen molar-refractivity contribution < 1.29 is 15.3 Å². The van der Waals surface area contributed by atoms with Gasteiger partial charge in [-0.2, -0.15) is 0 Å². The molecule has 2 atom stereocenters. The molecule has 2 aliphatic rings. The molecule has 2 rings (SSSR count). The Morgan fingerprint density at radius 1 is 0.750 bits per heavy atom. The first kappa shape index (κ1) is 28.9. The number of rotatable bonds is 7. The molecule has 0 nitrogen and oxygen atoms in total. The second kappa shape index (κ2) is 9.59.